The SMILES string of the molecule is N#Cc1c(NC(=O)CSCc2ccccc2)sc2c1CCCC2. The van der Waals surface area contributed by atoms with Crippen LogP contribution in [0.4, 0.5) is 5.00 Å². The van der Waals surface area contributed by atoms with Crippen LogP contribution in [0, 0.1) is 11.3 Å². The molecule has 0 saturated heterocycles. The van der Waals surface area contributed by atoms with Gasteiger partial charge in [0.1, 0.15) is 11.1 Å². The summed E-state index contributed by atoms with van der Waals surface area (Å²) < 4.78 is 0. The first kappa shape index (κ1) is 16.1. The van der Waals surface area contributed by atoms with Crippen molar-refractivity contribution in [2.24, 2.45) is 0 Å². The predicted molar refractivity (Wildman–Crippen MR) is 96.9 cm³/mol. The topological polar surface area (TPSA) is 52.9 Å². The van der Waals surface area contributed by atoms with E-state index in [0.29, 0.717) is 11.3 Å². The van der Waals surface area contributed by atoms with Crippen LogP contribution >= 0.6 is 23.1 Å². The number of hydrogen-bond donors (Lipinski definition) is 1. The molecule has 0 fully saturated rings. The molecule has 0 atom stereocenters. The number of carbonyl (C=O) groups excluding carboxylic acids is 1. The number of anilines is 1. The predicted octanol–water partition coefficient (Wildman–Crippen LogP) is 4.37. The van der Waals surface area contributed by atoms with Gasteiger partial charge in [0.2, 0.25) is 5.91 Å². The standard InChI is InChI=1S/C18H18N2OS2/c19-10-15-14-8-4-5-9-16(14)23-18(15)20-17(21)12-22-11-13-6-2-1-3-7-13/h1-3,6-7H,4-5,8-9,11-12H2,(H,20,21). The van der Waals surface area contributed by atoms with Gasteiger partial charge in [-0.3, -0.25) is 4.79 Å². The van der Waals surface area contributed by atoms with E-state index in [1.54, 1.807) is 23.1 Å². The second kappa shape index (κ2) is 7.67. The molecule has 3 rings (SSSR count). The van der Waals surface area contributed by atoms with Crippen molar-refractivity contribution in [3.8, 4) is 6.07 Å². The molecule has 1 aliphatic carbocycles. The van der Waals surface area contributed by atoms with Gasteiger partial charge in [0.25, 0.3) is 0 Å². The Morgan fingerprint density at radius 1 is 1.26 bits per heavy atom. The van der Waals surface area contributed by atoms with Crippen molar-refractivity contribution in [2.45, 2.75) is 31.4 Å². The average molecular weight is 342 g/mol. The average Bonchev–Trinajstić information content (AvgIpc) is 2.92. The molecule has 0 saturated carbocycles. The lowest BCUT2D eigenvalue weighted by Gasteiger charge is -2.09. The Hall–Kier alpha value is -1.77. The number of rotatable bonds is 5. The van der Waals surface area contributed by atoms with Crippen LogP contribution in [0.15, 0.2) is 30.3 Å². The molecule has 1 N–H and O–H groups in total. The van der Waals surface area contributed by atoms with E-state index in [2.05, 4.69) is 23.5 Å². The van der Waals surface area contributed by atoms with E-state index in [1.807, 2.05) is 18.2 Å². The molecule has 0 spiro atoms. The lowest BCUT2D eigenvalue weighted by Crippen LogP contribution is -2.14. The number of aryl methyl sites for hydroxylation is 1. The van der Waals surface area contributed by atoms with Gasteiger partial charge in [-0.25, -0.2) is 0 Å². The molecule has 0 bridgehead atoms. The van der Waals surface area contributed by atoms with E-state index >= 15 is 0 Å². The zero-order valence-corrected chi connectivity index (χ0v) is 14.4. The highest BCUT2D eigenvalue weighted by Crippen LogP contribution is 2.37. The maximum atomic E-state index is 12.1. The van der Waals surface area contributed by atoms with Crippen molar-refractivity contribution in [1.82, 2.24) is 0 Å². The zero-order chi connectivity index (χ0) is 16.1. The first-order valence-electron chi connectivity index (χ1n) is 7.74. The minimum absolute atomic E-state index is 0.0268. The molecule has 0 unspecified atom stereocenters. The monoisotopic (exact) mass is 342 g/mol. The number of carbonyl (C=O) groups is 1. The summed E-state index contributed by atoms with van der Waals surface area (Å²) in [6.45, 7) is 0. The Kier molecular flexibility index (Phi) is 5.37. The molecule has 0 radical (unpaired) electrons. The van der Waals surface area contributed by atoms with Gasteiger partial charge >= 0.3 is 0 Å². The number of benzene rings is 1. The third kappa shape index (κ3) is 3.95. The molecule has 1 aliphatic rings. The molecule has 5 heteroatoms. The number of fused-ring (bicyclic) bond motifs is 1. The smallest absolute Gasteiger partial charge is 0.235 e. The number of thiophene rings is 1. The van der Waals surface area contributed by atoms with Gasteiger partial charge < -0.3 is 5.32 Å². The Morgan fingerprint density at radius 3 is 2.83 bits per heavy atom. The molecule has 1 aromatic carbocycles. The van der Waals surface area contributed by atoms with Crippen molar-refractivity contribution in [2.75, 3.05) is 11.1 Å². The maximum absolute atomic E-state index is 12.1. The van der Waals surface area contributed by atoms with Crippen LogP contribution in [-0.2, 0) is 23.4 Å². The van der Waals surface area contributed by atoms with Crippen LogP contribution in [0.3, 0.4) is 0 Å². The van der Waals surface area contributed by atoms with Gasteiger partial charge in [-0.1, -0.05) is 30.3 Å². The lowest BCUT2D eigenvalue weighted by molar-refractivity contribution is -0.113. The Balaban J connectivity index is 1.58. The number of nitriles is 1. The van der Waals surface area contributed by atoms with Gasteiger partial charge in [-0.15, -0.1) is 23.1 Å². The number of nitrogens with zero attached hydrogens (tertiary/aromatic N) is 1. The minimum Gasteiger partial charge on any atom is -0.316 e. The summed E-state index contributed by atoms with van der Waals surface area (Å²) in [7, 11) is 0. The van der Waals surface area contributed by atoms with Gasteiger partial charge in [-0.05, 0) is 36.8 Å². The fourth-order valence-electron chi connectivity index (χ4n) is 2.77. The number of amides is 1. The highest BCUT2D eigenvalue weighted by atomic mass is 32.2. The summed E-state index contributed by atoms with van der Waals surface area (Å²) >= 11 is 3.17. The molecular weight excluding hydrogens is 324 g/mol. The molecule has 2 aromatic rings. The molecule has 1 heterocycles. The van der Waals surface area contributed by atoms with Crippen LogP contribution < -0.4 is 5.32 Å². The number of thioether (sulfide) groups is 1. The van der Waals surface area contributed by atoms with Gasteiger partial charge in [0, 0.05) is 10.6 Å². The molecule has 1 amide bonds. The lowest BCUT2D eigenvalue weighted by atomic mass is 9.96. The second-order valence-electron chi connectivity index (χ2n) is 5.55. The van der Waals surface area contributed by atoms with E-state index in [0.717, 1.165) is 35.6 Å². The minimum atomic E-state index is -0.0268. The Bertz CT molecular complexity index is 731. The molecule has 23 heavy (non-hydrogen) atoms. The first-order valence-corrected chi connectivity index (χ1v) is 9.71. The van der Waals surface area contributed by atoms with Crippen molar-refractivity contribution >= 4 is 34.0 Å². The summed E-state index contributed by atoms with van der Waals surface area (Å²) in [5.74, 6) is 1.20. The van der Waals surface area contributed by atoms with Crippen molar-refractivity contribution in [1.29, 1.82) is 5.26 Å². The zero-order valence-electron chi connectivity index (χ0n) is 12.8. The van der Waals surface area contributed by atoms with E-state index < -0.39 is 0 Å². The van der Waals surface area contributed by atoms with Crippen molar-refractivity contribution in [3.63, 3.8) is 0 Å². The van der Waals surface area contributed by atoms with Crippen LogP contribution in [-0.4, -0.2) is 11.7 Å². The normalized spacial score (nSPS) is 13.2. The second-order valence-corrected chi connectivity index (χ2v) is 7.64. The molecule has 1 aromatic heterocycles. The van der Waals surface area contributed by atoms with E-state index in [1.165, 1.54) is 16.9 Å². The third-order valence-electron chi connectivity index (χ3n) is 3.88. The fraction of sp³-hybridized carbons (Fsp3) is 0.333. The van der Waals surface area contributed by atoms with Gasteiger partial charge in [-0.2, -0.15) is 5.26 Å². The summed E-state index contributed by atoms with van der Waals surface area (Å²) in [5.41, 5.74) is 3.07. The summed E-state index contributed by atoms with van der Waals surface area (Å²) in [5, 5.41) is 13.1. The van der Waals surface area contributed by atoms with Crippen molar-refractivity contribution in [3.05, 3.63) is 51.9 Å². The van der Waals surface area contributed by atoms with Gasteiger partial charge in [0.15, 0.2) is 0 Å². The van der Waals surface area contributed by atoms with Crippen LogP contribution in [0.1, 0.15) is 34.4 Å². The molecule has 0 aliphatic heterocycles. The number of nitrogens with one attached hydrogen (secondary N) is 1. The summed E-state index contributed by atoms with van der Waals surface area (Å²) in [6, 6.07) is 12.4. The highest BCUT2D eigenvalue weighted by Gasteiger charge is 2.21. The van der Waals surface area contributed by atoms with Crippen LogP contribution in [0.25, 0.3) is 0 Å². The largest absolute Gasteiger partial charge is 0.316 e. The highest BCUT2D eigenvalue weighted by molar-refractivity contribution is 7.99. The maximum Gasteiger partial charge on any atom is 0.235 e. The quantitative estimate of drug-likeness (QED) is 0.878. The van der Waals surface area contributed by atoms with E-state index in [-0.39, 0.29) is 5.91 Å². The third-order valence-corrected chi connectivity index (χ3v) is 6.09. The van der Waals surface area contributed by atoms with Crippen LogP contribution in [0.2, 0.25) is 0 Å². The van der Waals surface area contributed by atoms with E-state index in [4.69, 9.17) is 0 Å². The van der Waals surface area contributed by atoms with Crippen LogP contribution in [0.5, 0.6) is 0 Å². The summed E-state index contributed by atoms with van der Waals surface area (Å²) in [4.78, 5) is 13.4. The Morgan fingerprint density at radius 2 is 2.04 bits per heavy atom. The van der Waals surface area contributed by atoms with Crippen molar-refractivity contribution < 1.29 is 4.79 Å². The Labute approximate surface area is 144 Å². The molecule has 3 nitrogen and oxygen atoms in total. The summed E-state index contributed by atoms with van der Waals surface area (Å²) in [6.07, 6.45) is 4.32. The molecular formula is C18H18N2OS2. The van der Waals surface area contributed by atoms with E-state index in [9.17, 15) is 10.1 Å². The fourth-order valence-corrected chi connectivity index (χ4v) is 4.81. The first-order chi connectivity index (χ1) is 11.3. The number of hydrogen-bond acceptors (Lipinski definition) is 4. The molecule has 118 valence electrons. The van der Waals surface area contributed by atoms with Gasteiger partial charge in [0.05, 0.1) is 11.3 Å².